The molecule has 0 radical (unpaired) electrons. The van der Waals surface area contributed by atoms with Crippen molar-refractivity contribution in [3.63, 3.8) is 0 Å². The molecule has 1 aromatic rings. The Kier molecular flexibility index (Phi) is 6.42. The van der Waals surface area contributed by atoms with E-state index in [4.69, 9.17) is 18.9 Å². The molecule has 1 aromatic carbocycles. The number of hydrogen-bond donors (Lipinski definition) is 5. The van der Waals surface area contributed by atoms with Gasteiger partial charge in [-0.15, -0.1) is 0 Å². The van der Waals surface area contributed by atoms with E-state index in [-0.39, 0.29) is 24.7 Å². The van der Waals surface area contributed by atoms with Crippen molar-refractivity contribution in [3.8, 4) is 5.75 Å². The summed E-state index contributed by atoms with van der Waals surface area (Å²) in [6.45, 7) is -0.575. The molecule has 156 valence electrons. The lowest BCUT2D eigenvalue weighted by molar-refractivity contribution is -0.384. The van der Waals surface area contributed by atoms with E-state index >= 15 is 0 Å². The summed E-state index contributed by atoms with van der Waals surface area (Å²) >= 11 is 0. The van der Waals surface area contributed by atoms with Gasteiger partial charge in [-0.3, -0.25) is 10.1 Å². The summed E-state index contributed by atoms with van der Waals surface area (Å²) in [5.74, 6) is 0.178. The number of hydrogen-bond acceptors (Lipinski definition) is 11. The fourth-order valence-corrected chi connectivity index (χ4v) is 2.88. The van der Waals surface area contributed by atoms with Crippen LogP contribution in [0.5, 0.6) is 5.75 Å². The zero-order chi connectivity index (χ0) is 20.4. The molecule has 28 heavy (non-hydrogen) atoms. The number of nitro groups is 1. The number of benzene rings is 1. The van der Waals surface area contributed by atoms with Crippen LogP contribution in [-0.4, -0.2) is 92.9 Å². The Bertz CT molecular complexity index is 671. The van der Waals surface area contributed by atoms with Crippen molar-refractivity contribution >= 4 is 5.69 Å². The van der Waals surface area contributed by atoms with Gasteiger partial charge >= 0.3 is 0 Å². The standard InChI is InChI=1S/C16H21NO11/c18-9-5-25-15(12(21)11(9)20)28-14-10(19)6-26-16(13(14)22)27-8-3-1-7(2-4-8)17(23)24/h1-4,9-16,18-22H,5-6H2/t9-,10-,11+,12-,13-,14+,15+,16+/m1/s1. The van der Waals surface area contributed by atoms with Gasteiger partial charge in [-0.05, 0) is 12.1 Å². The summed E-state index contributed by atoms with van der Waals surface area (Å²) in [7, 11) is 0. The molecule has 0 spiro atoms. The quantitative estimate of drug-likeness (QED) is 0.268. The number of rotatable bonds is 5. The Morgan fingerprint density at radius 3 is 2.14 bits per heavy atom. The highest BCUT2D eigenvalue weighted by molar-refractivity contribution is 5.36. The van der Waals surface area contributed by atoms with E-state index in [0.717, 1.165) is 0 Å². The molecule has 0 amide bonds. The Morgan fingerprint density at radius 2 is 1.50 bits per heavy atom. The Labute approximate surface area is 158 Å². The predicted molar refractivity (Wildman–Crippen MR) is 88.1 cm³/mol. The lowest BCUT2D eigenvalue weighted by Crippen LogP contribution is -2.60. The first-order valence-electron chi connectivity index (χ1n) is 8.48. The van der Waals surface area contributed by atoms with Gasteiger partial charge in [0.05, 0.1) is 18.1 Å². The zero-order valence-corrected chi connectivity index (χ0v) is 14.5. The minimum Gasteiger partial charge on any atom is -0.462 e. The van der Waals surface area contributed by atoms with Gasteiger partial charge in [-0.2, -0.15) is 0 Å². The van der Waals surface area contributed by atoms with Crippen LogP contribution in [-0.2, 0) is 14.2 Å². The number of aliphatic hydroxyl groups is 5. The first kappa shape index (κ1) is 20.8. The van der Waals surface area contributed by atoms with Crippen LogP contribution in [0.15, 0.2) is 24.3 Å². The van der Waals surface area contributed by atoms with Crippen molar-refractivity contribution in [2.45, 2.75) is 49.2 Å². The van der Waals surface area contributed by atoms with E-state index in [1.54, 1.807) is 0 Å². The summed E-state index contributed by atoms with van der Waals surface area (Å²) in [4.78, 5) is 10.1. The Morgan fingerprint density at radius 1 is 0.893 bits per heavy atom. The number of non-ortho nitro benzene ring substituents is 1. The van der Waals surface area contributed by atoms with Gasteiger partial charge in [0, 0.05) is 12.1 Å². The number of nitro benzene ring substituents is 1. The highest BCUT2D eigenvalue weighted by Crippen LogP contribution is 2.27. The molecule has 0 unspecified atom stereocenters. The highest BCUT2D eigenvalue weighted by atomic mass is 16.7. The number of aliphatic hydroxyl groups excluding tert-OH is 5. The van der Waals surface area contributed by atoms with Gasteiger partial charge in [0.25, 0.3) is 5.69 Å². The lowest BCUT2D eigenvalue weighted by atomic mass is 10.0. The van der Waals surface area contributed by atoms with Crippen LogP contribution in [0, 0.1) is 10.1 Å². The fourth-order valence-electron chi connectivity index (χ4n) is 2.88. The van der Waals surface area contributed by atoms with Gasteiger partial charge in [0.1, 0.15) is 42.4 Å². The average molecular weight is 403 g/mol. The van der Waals surface area contributed by atoms with Gasteiger partial charge < -0.3 is 44.5 Å². The molecule has 2 fully saturated rings. The zero-order valence-electron chi connectivity index (χ0n) is 14.5. The molecule has 12 heteroatoms. The van der Waals surface area contributed by atoms with Gasteiger partial charge in [0.15, 0.2) is 6.29 Å². The smallest absolute Gasteiger partial charge is 0.269 e. The van der Waals surface area contributed by atoms with Crippen LogP contribution in [0.1, 0.15) is 0 Å². The SMILES string of the molecule is O=[N+]([O-])c1ccc(O[C@@H]2OC[C@@H](O)[C@H](O[C@@H]3OC[C@@H](O)[C@H](O)[C@H]3O)[C@H]2O)cc1. The first-order chi connectivity index (χ1) is 13.3. The molecule has 12 nitrogen and oxygen atoms in total. The van der Waals surface area contributed by atoms with E-state index in [1.807, 2.05) is 0 Å². The molecule has 2 heterocycles. The molecule has 0 aromatic heterocycles. The first-order valence-corrected chi connectivity index (χ1v) is 8.48. The maximum absolute atomic E-state index is 10.7. The van der Waals surface area contributed by atoms with Crippen LogP contribution in [0.3, 0.4) is 0 Å². The lowest BCUT2D eigenvalue weighted by Gasteiger charge is -2.42. The van der Waals surface area contributed by atoms with E-state index in [9.17, 15) is 35.6 Å². The minimum atomic E-state index is -1.60. The van der Waals surface area contributed by atoms with E-state index < -0.39 is 54.1 Å². The second-order valence-electron chi connectivity index (χ2n) is 6.48. The normalized spacial score (nSPS) is 38.8. The van der Waals surface area contributed by atoms with E-state index in [0.29, 0.717) is 0 Å². The molecule has 0 saturated carbocycles. The number of nitrogens with zero attached hydrogens (tertiary/aromatic N) is 1. The summed E-state index contributed by atoms with van der Waals surface area (Å²) in [5.41, 5.74) is -0.140. The second-order valence-corrected chi connectivity index (χ2v) is 6.48. The van der Waals surface area contributed by atoms with E-state index in [2.05, 4.69) is 0 Å². The van der Waals surface area contributed by atoms with Gasteiger partial charge in [-0.25, -0.2) is 0 Å². The van der Waals surface area contributed by atoms with Crippen LogP contribution in [0.4, 0.5) is 5.69 Å². The molecule has 2 aliphatic rings. The maximum Gasteiger partial charge on any atom is 0.269 e. The van der Waals surface area contributed by atoms with Crippen molar-refractivity contribution in [2.24, 2.45) is 0 Å². The van der Waals surface area contributed by atoms with Crippen molar-refractivity contribution in [2.75, 3.05) is 13.2 Å². The summed E-state index contributed by atoms with van der Waals surface area (Å²) in [6.07, 6.45) is -11.2. The van der Waals surface area contributed by atoms with Crippen molar-refractivity contribution in [1.82, 2.24) is 0 Å². The highest BCUT2D eigenvalue weighted by Gasteiger charge is 2.46. The minimum absolute atomic E-state index is 0.140. The average Bonchev–Trinajstić information content (AvgIpc) is 2.67. The Balaban J connectivity index is 1.65. The maximum atomic E-state index is 10.7. The summed E-state index contributed by atoms with van der Waals surface area (Å²) in [5, 5.41) is 60.3. The molecular formula is C16H21NO11. The molecule has 0 bridgehead atoms. The molecule has 0 aliphatic carbocycles. The van der Waals surface area contributed by atoms with Crippen molar-refractivity contribution in [3.05, 3.63) is 34.4 Å². The molecular weight excluding hydrogens is 382 g/mol. The van der Waals surface area contributed by atoms with Crippen molar-refractivity contribution < 1.29 is 49.4 Å². The Hall–Kier alpha value is -1.90. The van der Waals surface area contributed by atoms with Crippen LogP contribution in [0.2, 0.25) is 0 Å². The third-order valence-corrected chi connectivity index (χ3v) is 4.47. The second kappa shape index (κ2) is 8.63. The molecule has 2 aliphatic heterocycles. The summed E-state index contributed by atoms with van der Waals surface area (Å²) in [6, 6.07) is 5.07. The van der Waals surface area contributed by atoms with Crippen LogP contribution in [0.25, 0.3) is 0 Å². The van der Waals surface area contributed by atoms with Crippen LogP contribution >= 0.6 is 0 Å². The topological polar surface area (TPSA) is 181 Å². The molecule has 8 atom stereocenters. The third-order valence-electron chi connectivity index (χ3n) is 4.47. The molecule has 2 saturated heterocycles. The monoisotopic (exact) mass is 403 g/mol. The number of ether oxygens (including phenoxy) is 4. The summed E-state index contributed by atoms with van der Waals surface area (Å²) < 4.78 is 21.2. The van der Waals surface area contributed by atoms with Gasteiger partial charge in [-0.1, -0.05) is 0 Å². The van der Waals surface area contributed by atoms with Gasteiger partial charge in [0.2, 0.25) is 6.29 Å². The van der Waals surface area contributed by atoms with E-state index in [1.165, 1.54) is 24.3 Å². The fraction of sp³-hybridized carbons (Fsp3) is 0.625. The molecule has 3 rings (SSSR count). The van der Waals surface area contributed by atoms with Crippen molar-refractivity contribution in [1.29, 1.82) is 0 Å². The van der Waals surface area contributed by atoms with Crippen LogP contribution < -0.4 is 4.74 Å². The predicted octanol–water partition coefficient (Wildman–Crippen LogP) is -2.12. The third kappa shape index (κ3) is 4.39. The molecule has 5 N–H and O–H groups in total. The largest absolute Gasteiger partial charge is 0.462 e.